The van der Waals surface area contributed by atoms with Crippen LogP contribution in [0, 0.1) is 23.7 Å². The van der Waals surface area contributed by atoms with Gasteiger partial charge in [-0.1, -0.05) is 122 Å². The summed E-state index contributed by atoms with van der Waals surface area (Å²) in [7, 11) is 0. The van der Waals surface area contributed by atoms with Crippen LogP contribution in [-0.2, 0) is 10.8 Å². The molecule has 0 amide bonds. The Morgan fingerprint density at radius 3 is 1.69 bits per heavy atom. The van der Waals surface area contributed by atoms with Crippen LogP contribution in [0.5, 0.6) is 0 Å². The monoisotopic (exact) mass is 756 g/mol. The van der Waals surface area contributed by atoms with Crippen LogP contribution in [0.2, 0.25) is 0 Å². The average Bonchev–Trinajstić information content (AvgIpc) is 4.17. The molecule has 8 aliphatic rings. The van der Waals surface area contributed by atoms with Crippen LogP contribution in [0.1, 0.15) is 73.6 Å². The lowest BCUT2D eigenvalue weighted by Crippen LogP contribution is -2.61. The van der Waals surface area contributed by atoms with Crippen molar-refractivity contribution in [3.63, 3.8) is 0 Å². The van der Waals surface area contributed by atoms with Gasteiger partial charge in [-0.2, -0.15) is 0 Å². The van der Waals surface area contributed by atoms with E-state index in [-0.39, 0.29) is 17.5 Å². The topological polar surface area (TPSA) is 6.48 Å². The van der Waals surface area contributed by atoms with Crippen molar-refractivity contribution >= 4 is 57.2 Å². The number of anilines is 6. The van der Waals surface area contributed by atoms with Gasteiger partial charge in [-0.25, -0.2) is 0 Å². The Kier molecular flexibility index (Phi) is 6.02. The number of nitrogens with zero attached hydrogens (tertiary/aromatic N) is 2. The molecule has 0 radical (unpaired) electrons. The molecule has 3 heteroatoms. The van der Waals surface area contributed by atoms with Crippen molar-refractivity contribution < 1.29 is 0 Å². The van der Waals surface area contributed by atoms with Gasteiger partial charge in [-0.05, 0) is 160 Å². The second kappa shape index (κ2) is 11.1. The van der Waals surface area contributed by atoms with Gasteiger partial charge in [0.05, 0.1) is 0 Å². The molecule has 2 aliphatic heterocycles. The Balaban J connectivity index is 1.07. The lowest BCUT2D eigenvalue weighted by molar-refractivity contribution is 0.327. The average molecular weight is 757 g/mol. The molecular weight excluding hydrogens is 711 g/mol. The summed E-state index contributed by atoms with van der Waals surface area (Å²) in [5.74, 6) is 3.10. The molecule has 0 N–H and O–H groups in total. The van der Waals surface area contributed by atoms with Crippen LogP contribution in [0.25, 0.3) is 22.3 Å². The van der Waals surface area contributed by atoms with Crippen molar-refractivity contribution in [1.82, 2.24) is 0 Å². The van der Waals surface area contributed by atoms with Gasteiger partial charge in [0.1, 0.15) is 0 Å². The molecule has 7 aromatic carbocycles. The number of hydrogen-bond donors (Lipinski definition) is 0. The van der Waals surface area contributed by atoms with Gasteiger partial charge in [-0.15, -0.1) is 0 Å². The van der Waals surface area contributed by atoms with E-state index in [0.29, 0.717) is 0 Å². The Hall–Kier alpha value is -5.80. The molecule has 4 bridgehead atoms. The zero-order valence-corrected chi connectivity index (χ0v) is 33.4. The fourth-order valence-electron chi connectivity index (χ4n) is 15.5. The standard InChI is InChI=1S/C56H45BN2/c1-3-12-38(13-4-1)58-49-20-11-21-50-53(49)57(48-31-46-42(30-51(48)58)40-16-7-9-18-43(40)56(46)33-35-23-25-37(56)29-35)47-27-26-45-52(54(47)59(50)39-14-5-2-6-15-39)41-17-8-10-19-44(41)55(45)32-34-22-24-36(55)28-34/h1-21,26-27,30-31,34-37H,22-25,28-29,32-33H2/t34?,35?,36?,37?,55-,56+/m1/s1. The van der Waals surface area contributed by atoms with Crippen LogP contribution in [0.15, 0.2) is 152 Å². The second-order valence-corrected chi connectivity index (χ2v) is 19.6. The summed E-state index contributed by atoms with van der Waals surface area (Å²) in [6.45, 7) is 0.102. The zero-order valence-electron chi connectivity index (χ0n) is 33.4. The van der Waals surface area contributed by atoms with E-state index in [1.54, 1.807) is 22.3 Å². The fourth-order valence-corrected chi connectivity index (χ4v) is 15.5. The van der Waals surface area contributed by atoms with Crippen LogP contribution in [0.4, 0.5) is 34.1 Å². The van der Waals surface area contributed by atoms with E-state index in [9.17, 15) is 0 Å². The molecule has 4 unspecified atom stereocenters. The summed E-state index contributed by atoms with van der Waals surface area (Å²) in [5.41, 5.74) is 24.7. The summed E-state index contributed by atoms with van der Waals surface area (Å²) in [4.78, 5) is 5.29. The summed E-state index contributed by atoms with van der Waals surface area (Å²) in [6.07, 6.45) is 10.8. The van der Waals surface area contributed by atoms with Gasteiger partial charge < -0.3 is 9.80 Å². The molecule has 4 fully saturated rings. The first kappa shape index (κ1) is 32.1. The van der Waals surface area contributed by atoms with Crippen molar-refractivity contribution in [1.29, 1.82) is 0 Å². The molecule has 59 heavy (non-hydrogen) atoms. The van der Waals surface area contributed by atoms with Crippen LogP contribution < -0.4 is 26.2 Å². The summed E-state index contributed by atoms with van der Waals surface area (Å²) >= 11 is 0. The maximum Gasteiger partial charge on any atom is 0.252 e. The molecule has 6 aliphatic carbocycles. The molecule has 0 aromatic heterocycles. The maximum absolute atomic E-state index is 2.77. The van der Waals surface area contributed by atoms with Crippen LogP contribution in [-0.4, -0.2) is 6.71 Å². The van der Waals surface area contributed by atoms with E-state index in [0.717, 1.165) is 23.7 Å². The van der Waals surface area contributed by atoms with Gasteiger partial charge in [0.25, 0.3) is 6.71 Å². The van der Waals surface area contributed by atoms with E-state index in [4.69, 9.17) is 0 Å². The molecule has 0 saturated heterocycles. The van der Waals surface area contributed by atoms with Gasteiger partial charge in [0.15, 0.2) is 0 Å². The molecule has 6 atom stereocenters. The van der Waals surface area contributed by atoms with Crippen molar-refractivity contribution in [2.24, 2.45) is 23.7 Å². The van der Waals surface area contributed by atoms with E-state index < -0.39 is 0 Å². The minimum absolute atomic E-state index is 0.102. The third kappa shape index (κ3) is 3.75. The van der Waals surface area contributed by atoms with Crippen LogP contribution >= 0.6 is 0 Å². The molecule has 2 nitrogen and oxygen atoms in total. The number of hydrogen-bond acceptors (Lipinski definition) is 2. The SMILES string of the molecule is c1ccc(N2c3cc4c(cc3B3c5ccc6c(c5N(c5ccccc5)c5cccc2c53)-c2ccccc2[C@]62CC3CCC2C3)[C@]2(CC3CCC2C3)c2ccccc2-4)cc1. The van der Waals surface area contributed by atoms with Crippen molar-refractivity contribution in [2.45, 2.75) is 62.2 Å². The number of benzene rings is 7. The molecule has 2 heterocycles. The van der Waals surface area contributed by atoms with Crippen molar-refractivity contribution in [3.05, 3.63) is 174 Å². The zero-order chi connectivity index (χ0) is 38.2. The molecule has 4 saturated carbocycles. The van der Waals surface area contributed by atoms with E-state index >= 15 is 0 Å². The Morgan fingerprint density at radius 2 is 1.03 bits per heavy atom. The predicted molar refractivity (Wildman–Crippen MR) is 244 cm³/mol. The van der Waals surface area contributed by atoms with E-state index in [2.05, 4.69) is 161 Å². The summed E-state index contributed by atoms with van der Waals surface area (Å²) in [5, 5.41) is 0. The highest BCUT2D eigenvalue weighted by atomic mass is 15.2. The fraction of sp³-hybridized carbons (Fsp3) is 0.250. The third-order valence-corrected chi connectivity index (χ3v) is 17.4. The first-order valence-corrected chi connectivity index (χ1v) is 22.6. The van der Waals surface area contributed by atoms with Crippen molar-refractivity contribution in [3.8, 4) is 22.3 Å². The van der Waals surface area contributed by atoms with Gasteiger partial charge in [0.2, 0.25) is 0 Å². The molecule has 2 spiro atoms. The quantitative estimate of drug-likeness (QED) is 0.162. The number of rotatable bonds is 2. The van der Waals surface area contributed by atoms with Crippen molar-refractivity contribution in [2.75, 3.05) is 9.80 Å². The summed E-state index contributed by atoms with van der Waals surface area (Å²) in [6, 6.07) is 59.5. The van der Waals surface area contributed by atoms with Crippen LogP contribution in [0.3, 0.4) is 0 Å². The Labute approximate surface area is 347 Å². The van der Waals surface area contributed by atoms with E-state index in [1.165, 1.54) is 124 Å². The van der Waals surface area contributed by atoms with Gasteiger partial charge >= 0.3 is 0 Å². The third-order valence-electron chi connectivity index (χ3n) is 17.4. The molecule has 7 aromatic rings. The molecular formula is C56H45BN2. The van der Waals surface area contributed by atoms with Gasteiger partial charge in [-0.3, -0.25) is 0 Å². The van der Waals surface area contributed by atoms with Gasteiger partial charge in [0, 0.05) is 50.5 Å². The smallest absolute Gasteiger partial charge is 0.252 e. The Bertz CT molecular complexity index is 2970. The number of para-hydroxylation sites is 2. The minimum atomic E-state index is 0.102. The predicted octanol–water partition coefficient (Wildman–Crippen LogP) is 11.9. The minimum Gasteiger partial charge on any atom is -0.311 e. The number of fused-ring (bicyclic) bond motifs is 21. The first-order chi connectivity index (χ1) is 29.2. The van der Waals surface area contributed by atoms with E-state index in [1.807, 2.05) is 0 Å². The lowest BCUT2D eigenvalue weighted by Gasteiger charge is -2.45. The highest BCUT2D eigenvalue weighted by molar-refractivity contribution is 7.00. The first-order valence-electron chi connectivity index (χ1n) is 22.6. The molecule has 282 valence electrons. The second-order valence-electron chi connectivity index (χ2n) is 19.6. The largest absolute Gasteiger partial charge is 0.311 e. The maximum atomic E-state index is 2.77. The Morgan fingerprint density at radius 1 is 0.441 bits per heavy atom. The highest BCUT2D eigenvalue weighted by Gasteiger charge is 2.60. The highest BCUT2D eigenvalue weighted by Crippen LogP contribution is 2.68. The normalized spacial score (nSPS) is 27.5. The lowest BCUT2D eigenvalue weighted by atomic mass is 9.33. The summed E-state index contributed by atoms with van der Waals surface area (Å²) < 4.78 is 0. The molecule has 15 rings (SSSR count).